The Morgan fingerprint density at radius 3 is 2.27 bits per heavy atom. The molecule has 0 atom stereocenters. The predicted molar refractivity (Wildman–Crippen MR) is 107 cm³/mol. The first kappa shape index (κ1) is 20.3. The molecule has 0 aromatic heterocycles. The second-order valence-corrected chi connectivity index (χ2v) is 8.24. The fourth-order valence-electron chi connectivity index (χ4n) is 2.16. The third kappa shape index (κ3) is 5.23. The van der Waals surface area contributed by atoms with Crippen LogP contribution in [0.3, 0.4) is 0 Å². The molecule has 2 aromatic carbocycles. The summed E-state index contributed by atoms with van der Waals surface area (Å²) in [6.07, 6.45) is 1.17. The van der Waals surface area contributed by atoms with E-state index in [1.807, 2.05) is 0 Å². The predicted octanol–water partition coefficient (Wildman–Crippen LogP) is 3.25. The highest BCUT2D eigenvalue weighted by molar-refractivity contribution is 7.90. The van der Waals surface area contributed by atoms with E-state index in [4.69, 9.17) is 33.3 Å². The average molecular weight is 415 g/mol. The summed E-state index contributed by atoms with van der Waals surface area (Å²) in [5, 5.41) is 6.89. The summed E-state index contributed by atoms with van der Waals surface area (Å²) in [6.45, 7) is 0.433. The summed E-state index contributed by atoms with van der Waals surface area (Å²) in [5.41, 5.74) is 1.50. The minimum atomic E-state index is -3.20. The minimum absolute atomic E-state index is 0.278. The molecule has 0 bridgehead atoms. The standard InChI is InChI=1S/C17H19ClN2O4S2/c1-23-15-9-14(16(24-2)8-13(15)18)20-17(25)19-10-11-4-6-12(7-5-11)26(3,21)22/h4-9H,10H2,1-3H3,(H2,19,20,25). The van der Waals surface area contributed by atoms with Crippen molar-refractivity contribution < 1.29 is 17.9 Å². The van der Waals surface area contributed by atoms with Crippen molar-refractivity contribution in [2.75, 3.05) is 25.8 Å². The minimum Gasteiger partial charge on any atom is -0.495 e. The number of halogens is 1. The molecule has 0 spiro atoms. The van der Waals surface area contributed by atoms with Gasteiger partial charge < -0.3 is 20.1 Å². The topological polar surface area (TPSA) is 76.7 Å². The Morgan fingerprint density at radius 2 is 1.73 bits per heavy atom. The van der Waals surface area contributed by atoms with Crippen molar-refractivity contribution in [2.45, 2.75) is 11.4 Å². The highest BCUT2D eigenvalue weighted by atomic mass is 35.5. The van der Waals surface area contributed by atoms with Gasteiger partial charge >= 0.3 is 0 Å². The molecule has 9 heteroatoms. The van der Waals surface area contributed by atoms with Gasteiger partial charge in [-0.1, -0.05) is 23.7 Å². The lowest BCUT2D eigenvalue weighted by atomic mass is 10.2. The second-order valence-electron chi connectivity index (χ2n) is 5.41. The Morgan fingerprint density at radius 1 is 1.12 bits per heavy atom. The van der Waals surface area contributed by atoms with E-state index in [9.17, 15) is 8.42 Å². The highest BCUT2D eigenvalue weighted by Crippen LogP contribution is 2.35. The largest absolute Gasteiger partial charge is 0.495 e. The van der Waals surface area contributed by atoms with Crippen LogP contribution in [-0.2, 0) is 16.4 Å². The normalized spacial score (nSPS) is 10.9. The molecule has 0 aliphatic carbocycles. The quantitative estimate of drug-likeness (QED) is 0.702. The zero-order valence-corrected chi connectivity index (χ0v) is 16.9. The molecule has 0 radical (unpaired) electrons. The summed E-state index contributed by atoms with van der Waals surface area (Å²) in [7, 11) is -0.152. The molecule has 0 amide bonds. The highest BCUT2D eigenvalue weighted by Gasteiger charge is 2.11. The zero-order chi connectivity index (χ0) is 19.3. The molecule has 0 fully saturated rings. The van der Waals surface area contributed by atoms with Gasteiger partial charge in [0.05, 0.1) is 29.8 Å². The number of hydrogen-bond acceptors (Lipinski definition) is 5. The fourth-order valence-corrected chi connectivity index (χ4v) is 3.20. The molecule has 0 saturated carbocycles. The first-order valence-corrected chi connectivity index (χ1v) is 10.2. The summed E-state index contributed by atoms with van der Waals surface area (Å²) >= 11 is 11.4. The van der Waals surface area contributed by atoms with Gasteiger partial charge in [0.2, 0.25) is 0 Å². The van der Waals surface area contributed by atoms with Gasteiger partial charge in [-0.3, -0.25) is 0 Å². The number of sulfone groups is 1. The number of methoxy groups -OCH3 is 2. The van der Waals surface area contributed by atoms with E-state index in [-0.39, 0.29) is 4.90 Å². The molecule has 0 aliphatic rings. The van der Waals surface area contributed by atoms with Crippen LogP contribution in [-0.4, -0.2) is 34.0 Å². The maximum absolute atomic E-state index is 11.5. The maximum atomic E-state index is 11.5. The molecule has 6 nitrogen and oxygen atoms in total. The molecule has 2 aromatic rings. The van der Waals surface area contributed by atoms with E-state index in [1.165, 1.54) is 20.5 Å². The van der Waals surface area contributed by atoms with Gasteiger partial charge in [-0.15, -0.1) is 0 Å². The van der Waals surface area contributed by atoms with Crippen LogP contribution in [0.15, 0.2) is 41.3 Å². The van der Waals surface area contributed by atoms with E-state index < -0.39 is 9.84 Å². The lowest BCUT2D eigenvalue weighted by molar-refractivity contribution is 0.405. The van der Waals surface area contributed by atoms with E-state index >= 15 is 0 Å². The zero-order valence-electron chi connectivity index (χ0n) is 14.5. The summed E-state index contributed by atoms with van der Waals surface area (Å²) < 4.78 is 33.4. The van der Waals surface area contributed by atoms with Gasteiger partial charge in [-0.25, -0.2) is 8.42 Å². The van der Waals surface area contributed by atoms with E-state index in [0.717, 1.165) is 5.56 Å². The number of ether oxygens (including phenoxy) is 2. The lowest BCUT2D eigenvalue weighted by Crippen LogP contribution is -2.28. The molecular weight excluding hydrogens is 396 g/mol. The van der Waals surface area contributed by atoms with E-state index in [0.29, 0.717) is 33.9 Å². The Kier molecular flexibility index (Phi) is 6.69. The molecule has 0 saturated heterocycles. The summed E-state index contributed by atoms with van der Waals surface area (Å²) in [4.78, 5) is 0.278. The number of benzene rings is 2. The Labute approximate surface area is 163 Å². The van der Waals surface area contributed by atoms with Gasteiger partial charge in [0.15, 0.2) is 14.9 Å². The van der Waals surface area contributed by atoms with Crippen molar-refractivity contribution in [3.05, 3.63) is 47.0 Å². The van der Waals surface area contributed by atoms with Crippen molar-refractivity contribution in [1.29, 1.82) is 0 Å². The van der Waals surface area contributed by atoms with Crippen LogP contribution in [0.5, 0.6) is 11.5 Å². The van der Waals surface area contributed by atoms with Crippen LogP contribution in [0.4, 0.5) is 5.69 Å². The van der Waals surface area contributed by atoms with Crippen molar-refractivity contribution >= 4 is 44.5 Å². The first-order valence-electron chi connectivity index (χ1n) is 7.50. The van der Waals surface area contributed by atoms with Crippen molar-refractivity contribution in [3.63, 3.8) is 0 Å². The maximum Gasteiger partial charge on any atom is 0.175 e. The van der Waals surface area contributed by atoms with E-state index in [1.54, 1.807) is 36.4 Å². The van der Waals surface area contributed by atoms with Crippen LogP contribution < -0.4 is 20.1 Å². The first-order chi connectivity index (χ1) is 12.2. The average Bonchev–Trinajstić information content (AvgIpc) is 2.60. The molecule has 0 heterocycles. The third-order valence-electron chi connectivity index (χ3n) is 3.53. The van der Waals surface area contributed by atoms with E-state index in [2.05, 4.69) is 10.6 Å². The lowest BCUT2D eigenvalue weighted by Gasteiger charge is -2.15. The van der Waals surface area contributed by atoms with Gasteiger partial charge in [0, 0.05) is 24.9 Å². The molecule has 0 unspecified atom stereocenters. The number of hydrogen-bond donors (Lipinski definition) is 2. The Balaban J connectivity index is 2.03. The van der Waals surface area contributed by atoms with Crippen LogP contribution in [0.25, 0.3) is 0 Å². The monoisotopic (exact) mass is 414 g/mol. The summed E-state index contributed by atoms with van der Waals surface area (Å²) in [5.74, 6) is 1.02. The van der Waals surface area contributed by atoms with Gasteiger partial charge in [0.25, 0.3) is 0 Å². The molecule has 0 aliphatic heterocycles. The smallest absolute Gasteiger partial charge is 0.175 e. The number of anilines is 1. The van der Waals surface area contributed by atoms with Crippen molar-refractivity contribution in [2.24, 2.45) is 0 Å². The molecule has 140 valence electrons. The SMILES string of the molecule is COc1cc(NC(=S)NCc2ccc(S(C)(=O)=O)cc2)c(OC)cc1Cl. The van der Waals surface area contributed by atoms with Crippen molar-refractivity contribution in [1.82, 2.24) is 5.32 Å². The van der Waals surface area contributed by atoms with Gasteiger partial charge in [-0.2, -0.15) is 0 Å². The molecule has 2 rings (SSSR count). The van der Waals surface area contributed by atoms with Crippen LogP contribution in [0.2, 0.25) is 5.02 Å². The number of thiocarbonyl (C=S) groups is 1. The van der Waals surface area contributed by atoms with Crippen molar-refractivity contribution in [3.8, 4) is 11.5 Å². The number of rotatable bonds is 6. The second kappa shape index (κ2) is 8.57. The molecular formula is C17H19ClN2O4S2. The Hall–Kier alpha value is -2.03. The number of nitrogens with one attached hydrogen (secondary N) is 2. The van der Waals surface area contributed by atoms with Crippen LogP contribution in [0, 0.1) is 0 Å². The summed E-state index contributed by atoms with van der Waals surface area (Å²) in [6, 6.07) is 9.92. The van der Waals surface area contributed by atoms with Crippen LogP contribution in [0.1, 0.15) is 5.56 Å². The fraction of sp³-hybridized carbons (Fsp3) is 0.235. The van der Waals surface area contributed by atoms with Gasteiger partial charge in [0.1, 0.15) is 11.5 Å². The van der Waals surface area contributed by atoms with Gasteiger partial charge in [-0.05, 0) is 29.9 Å². The Bertz CT molecular complexity index is 900. The van der Waals surface area contributed by atoms with Crippen LogP contribution >= 0.6 is 23.8 Å². The third-order valence-corrected chi connectivity index (χ3v) is 5.20. The molecule has 2 N–H and O–H groups in total. The molecule has 26 heavy (non-hydrogen) atoms.